The van der Waals surface area contributed by atoms with Gasteiger partial charge in [-0.1, -0.05) is 0 Å². The van der Waals surface area contributed by atoms with Gasteiger partial charge in [-0.2, -0.15) is 11.3 Å². The van der Waals surface area contributed by atoms with Crippen molar-refractivity contribution in [3.05, 3.63) is 16.8 Å². The molecule has 3 nitrogen and oxygen atoms in total. The first-order chi connectivity index (χ1) is 5.74. The quantitative estimate of drug-likeness (QED) is 0.775. The maximum atomic E-state index is 10.4. The Balaban J connectivity index is 2.63. The third kappa shape index (κ3) is 2.23. The maximum absolute atomic E-state index is 10.4. The molecule has 1 N–H and O–H groups in total. The van der Waals surface area contributed by atoms with Crippen molar-refractivity contribution in [2.75, 3.05) is 18.0 Å². The van der Waals surface area contributed by atoms with E-state index in [9.17, 15) is 4.79 Å². The minimum atomic E-state index is -0.789. The molecule has 0 saturated carbocycles. The van der Waals surface area contributed by atoms with Crippen LogP contribution < -0.4 is 4.90 Å². The molecule has 0 amide bonds. The zero-order valence-electron chi connectivity index (χ0n) is 6.86. The lowest BCUT2D eigenvalue weighted by molar-refractivity contribution is -0.135. The fourth-order valence-electron chi connectivity index (χ4n) is 0.986. The number of anilines is 1. The van der Waals surface area contributed by atoms with E-state index in [1.54, 1.807) is 11.3 Å². The largest absolute Gasteiger partial charge is 0.480 e. The van der Waals surface area contributed by atoms with E-state index >= 15 is 0 Å². The Hall–Kier alpha value is -1.03. The van der Waals surface area contributed by atoms with Crippen LogP contribution >= 0.6 is 11.3 Å². The predicted molar refractivity (Wildman–Crippen MR) is 49.8 cm³/mol. The van der Waals surface area contributed by atoms with Gasteiger partial charge in [-0.25, -0.2) is 0 Å². The smallest absolute Gasteiger partial charge is 0.323 e. The number of hydrogen-bond acceptors (Lipinski definition) is 3. The van der Waals surface area contributed by atoms with Crippen LogP contribution in [0, 0.1) is 0 Å². The molecule has 1 aromatic heterocycles. The lowest BCUT2D eigenvalue weighted by Gasteiger charge is -2.18. The van der Waals surface area contributed by atoms with Crippen molar-refractivity contribution in [2.24, 2.45) is 0 Å². The molecule has 4 heteroatoms. The van der Waals surface area contributed by atoms with E-state index in [0.29, 0.717) is 0 Å². The van der Waals surface area contributed by atoms with Crippen LogP contribution in [0.2, 0.25) is 0 Å². The van der Waals surface area contributed by atoms with Crippen molar-refractivity contribution in [3.63, 3.8) is 0 Å². The van der Waals surface area contributed by atoms with Crippen LogP contribution in [0.5, 0.6) is 0 Å². The number of carboxylic acid groups (broad SMARTS) is 1. The van der Waals surface area contributed by atoms with Gasteiger partial charge >= 0.3 is 5.97 Å². The van der Waals surface area contributed by atoms with E-state index in [1.165, 1.54) is 0 Å². The van der Waals surface area contributed by atoms with Gasteiger partial charge in [0.05, 0.1) is 0 Å². The monoisotopic (exact) mass is 185 g/mol. The summed E-state index contributed by atoms with van der Waals surface area (Å²) in [5, 5.41) is 12.5. The molecule has 66 valence electrons. The van der Waals surface area contributed by atoms with Crippen LogP contribution in [0.1, 0.15) is 6.92 Å². The molecule has 0 aromatic carbocycles. The Morgan fingerprint density at radius 3 is 2.92 bits per heavy atom. The second kappa shape index (κ2) is 4.11. The minimum Gasteiger partial charge on any atom is -0.480 e. The Kier molecular flexibility index (Phi) is 3.10. The maximum Gasteiger partial charge on any atom is 0.323 e. The molecule has 1 rings (SSSR count). The molecule has 1 heterocycles. The van der Waals surface area contributed by atoms with Gasteiger partial charge in [0.2, 0.25) is 0 Å². The lowest BCUT2D eigenvalue weighted by atomic mass is 10.4. The molecule has 0 unspecified atom stereocenters. The number of rotatable bonds is 4. The molecule has 1 aromatic rings. The summed E-state index contributed by atoms with van der Waals surface area (Å²) in [6.07, 6.45) is 0. The van der Waals surface area contributed by atoms with Crippen molar-refractivity contribution in [1.82, 2.24) is 0 Å². The SMILES string of the molecule is CCN(CC(=O)O)c1ccsc1. The summed E-state index contributed by atoms with van der Waals surface area (Å²) in [4.78, 5) is 12.2. The number of carboxylic acids is 1. The van der Waals surface area contributed by atoms with Crippen LogP contribution in [-0.4, -0.2) is 24.2 Å². The Morgan fingerprint density at radius 2 is 2.50 bits per heavy atom. The predicted octanol–water partition coefficient (Wildman–Crippen LogP) is 1.66. The number of carbonyl (C=O) groups is 1. The molecule has 0 aliphatic carbocycles. The highest BCUT2D eigenvalue weighted by Gasteiger charge is 2.07. The normalized spacial score (nSPS) is 9.75. The highest BCUT2D eigenvalue weighted by Crippen LogP contribution is 2.17. The first-order valence-corrected chi connectivity index (χ1v) is 4.67. The number of thiophene rings is 1. The standard InChI is InChI=1S/C8H11NO2S/c1-2-9(5-8(10)11)7-3-4-12-6-7/h3-4,6H,2,5H2,1H3,(H,10,11). The van der Waals surface area contributed by atoms with Gasteiger partial charge in [0, 0.05) is 17.6 Å². The zero-order valence-corrected chi connectivity index (χ0v) is 7.67. The van der Waals surface area contributed by atoms with Gasteiger partial charge in [-0.05, 0) is 18.4 Å². The van der Waals surface area contributed by atoms with Gasteiger partial charge in [0.1, 0.15) is 6.54 Å². The second-order valence-corrected chi connectivity index (χ2v) is 3.17. The van der Waals surface area contributed by atoms with Crippen molar-refractivity contribution in [2.45, 2.75) is 6.92 Å². The van der Waals surface area contributed by atoms with Crippen LogP contribution in [0.4, 0.5) is 5.69 Å². The van der Waals surface area contributed by atoms with E-state index in [-0.39, 0.29) is 6.54 Å². The second-order valence-electron chi connectivity index (χ2n) is 2.39. The van der Waals surface area contributed by atoms with E-state index in [1.807, 2.05) is 28.7 Å². The van der Waals surface area contributed by atoms with E-state index in [0.717, 1.165) is 12.2 Å². The highest BCUT2D eigenvalue weighted by molar-refractivity contribution is 7.08. The van der Waals surface area contributed by atoms with Gasteiger partial charge in [0.25, 0.3) is 0 Å². The van der Waals surface area contributed by atoms with E-state index < -0.39 is 5.97 Å². The molecule has 0 bridgehead atoms. The topological polar surface area (TPSA) is 40.5 Å². The van der Waals surface area contributed by atoms with Crippen LogP contribution in [0.25, 0.3) is 0 Å². The average Bonchev–Trinajstić information content (AvgIpc) is 2.51. The van der Waals surface area contributed by atoms with Crippen molar-refractivity contribution in [1.29, 1.82) is 0 Å². The first kappa shape index (κ1) is 9.06. The Labute approximate surface area is 75.2 Å². The zero-order chi connectivity index (χ0) is 8.97. The summed E-state index contributed by atoms with van der Waals surface area (Å²) in [6.45, 7) is 2.75. The van der Waals surface area contributed by atoms with Crippen LogP contribution in [-0.2, 0) is 4.79 Å². The van der Waals surface area contributed by atoms with Crippen molar-refractivity contribution in [3.8, 4) is 0 Å². The van der Waals surface area contributed by atoms with Gasteiger partial charge in [0.15, 0.2) is 0 Å². The summed E-state index contributed by atoms with van der Waals surface area (Å²) in [6, 6.07) is 1.93. The highest BCUT2D eigenvalue weighted by atomic mass is 32.1. The minimum absolute atomic E-state index is 0.0766. The number of hydrogen-bond donors (Lipinski definition) is 1. The number of nitrogens with zero attached hydrogens (tertiary/aromatic N) is 1. The summed E-state index contributed by atoms with van der Waals surface area (Å²) in [5.41, 5.74) is 0.991. The molecular formula is C8H11NO2S. The Bertz CT molecular complexity index is 246. The molecule has 0 fully saturated rings. The molecule has 0 saturated heterocycles. The number of likely N-dealkylation sites (N-methyl/N-ethyl adjacent to an activating group) is 1. The summed E-state index contributed by atoms with van der Waals surface area (Å²) < 4.78 is 0. The summed E-state index contributed by atoms with van der Waals surface area (Å²) in [5.74, 6) is -0.789. The van der Waals surface area contributed by atoms with Crippen molar-refractivity contribution < 1.29 is 9.90 Å². The van der Waals surface area contributed by atoms with Gasteiger partial charge in [-0.3, -0.25) is 4.79 Å². The van der Waals surface area contributed by atoms with Crippen LogP contribution in [0.15, 0.2) is 16.8 Å². The molecular weight excluding hydrogens is 174 g/mol. The molecule has 12 heavy (non-hydrogen) atoms. The fraction of sp³-hybridized carbons (Fsp3) is 0.375. The Morgan fingerprint density at radius 1 is 1.75 bits per heavy atom. The van der Waals surface area contributed by atoms with E-state index in [4.69, 9.17) is 5.11 Å². The van der Waals surface area contributed by atoms with Gasteiger partial charge < -0.3 is 10.0 Å². The third-order valence-electron chi connectivity index (χ3n) is 1.58. The van der Waals surface area contributed by atoms with Crippen LogP contribution in [0.3, 0.4) is 0 Å². The van der Waals surface area contributed by atoms with Gasteiger partial charge in [-0.15, -0.1) is 0 Å². The molecule has 0 aliphatic rings. The summed E-state index contributed by atoms with van der Waals surface area (Å²) >= 11 is 1.58. The first-order valence-electron chi connectivity index (χ1n) is 3.73. The molecule has 0 aliphatic heterocycles. The summed E-state index contributed by atoms with van der Waals surface area (Å²) in [7, 11) is 0. The third-order valence-corrected chi connectivity index (χ3v) is 2.25. The molecule has 0 radical (unpaired) electrons. The van der Waals surface area contributed by atoms with E-state index in [2.05, 4.69) is 0 Å². The lowest BCUT2D eigenvalue weighted by Crippen LogP contribution is -2.28. The molecule has 0 spiro atoms. The number of aliphatic carboxylic acids is 1. The molecule has 0 atom stereocenters. The van der Waals surface area contributed by atoms with Crippen molar-refractivity contribution >= 4 is 23.0 Å². The average molecular weight is 185 g/mol. The fourth-order valence-corrected chi connectivity index (χ4v) is 1.65.